The van der Waals surface area contributed by atoms with E-state index in [1.54, 1.807) is 6.07 Å². The van der Waals surface area contributed by atoms with Crippen LogP contribution in [-0.4, -0.2) is 12.0 Å². The van der Waals surface area contributed by atoms with Crippen molar-refractivity contribution in [3.8, 4) is 0 Å². The lowest BCUT2D eigenvalue weighted by Gasteiger charge is -2.09. The summed E-state index contributed by atoms with van der Waals surface area (Å²) in [6.45, 7) is 2.07. The summed E-state index contributed by atoms with van der Waals surface area (Å²) in [7, 11) is 1.88. The lowest BCUT2D eigenvalue weighted by molar-refractivity contribution is 1.06. The van der Waals surface area contributed by atoms with E-state index in [2.05, 4.69) is 17.2 Å². The maximum absolute atomic E-state index is 6.15. The molecule has 1 heterocycles. The van der Waals surface area contributed by atoms with E-state index in [-0.39, 0.29) is 0 Å². The Labute approximate surface area is 105 Å². The average molecular weight is 255 g/mol. The van der Waals surface area contributed by atoms with Gasteiger partial charge in [-0.1, -0.05) is 30.1 Å². The molecule has 0 aliphatic heterocycles. The number of pyridine rings is 1. The van der Waals surface area contributed by atoms with Crippen LogP contribution in [0.1, 0.15) is 12.6 Å². The lowest BCUT2D eigenvalue weighted by Crippen LogP contribution is -1.96. The van der Waals surface area contributed by atoms with Gasteiger partial charge in [-0.25, -0.2) is 0 Å². The summed E-state index contributed by atoms with van der Waals surface area (Å²) in [4.78, 5) is 4.51. The summed E-state index contributed by atoms with van der Waals surface area (Å²) >= 11 is 12.1. The second-order valence-corrected chi connectivity index (χ2v) is 4.39. The highest BCUT2D eigenvalue weighted by Gasteiger charge is 2.08. The predicted octanol–water partition coefficient (Wildman–Crippen LogP) is 4.15. The van der Waals surface area contributed by atoms with E-state index >= 15 is 0 Å². The molecule has 0 aliphatic carbocycles. The van der Waals surface area contributed by atoms with Crippen molar-refractivity contribution >= 4 is 39.8 Å². The number of fused-ring (bicyclic) bond motifs is 1. The SMILES string of the molecule is CCc1cc(NC)c2cc(Cl)cc(Cl)c2n1. The topological polar surface area (TPSA) is 24.9 Å². The van der Waals surface area contributed by atoms with Gasteiger partial charge in [0.2, 0.25) is 0 Å². The van der Waals surface area contributed by atoms with E-state index in [4.69, 9.17) is 23.2 Å². The summed E-state index contributed by atoms with van der Waals surface area (Å²) in [6, 6.07) is 5.62. The highest BCUT2D eigenvalue weighted by Crippen LogP contribution is 2.31. The summed E-state index contributed by atoms with van der Waals surface area (Å²) in [5.41, 5.74) is 2.82. The summed E-state index contributed by atoms with van der Waals surface area (Å²) in [6.07, 6.45) is 0.879. The van der Waals surface area contributed by atoms with Crippen LogP contribution < -0.4 is 5.32 Å². The molecule has 0 aliphatic rings. The van der Waals surface area contributed by atoms with Gasteiger partial charge in [0, 0.05) is 28.8 Å². The number of nitrogens with one attached hydrogen (secondary N) is 1. The number of hydrogen-bond acceptors (Lipinski definition) is 2. The third-order valence-electron chi connectivity index (χ3n) is 2.52. The van der Waals surface area contributed by atoms with Crippen LogP contribution in [0.5, 0.6) is 0 Å². The molecule has 0 saturated heterocycles. The largest absolute Gasteiger partial charge is 0.388 e. The molecule has 2 nitrogen and oxygen atoms in total. The minimum Gasteiger partial charge on any atom is -0.388 e. The van der Waals surface area contributed by atoms with Crippen LogP contribution in [0.15, 0.2) is 18.2 Å². The quantitative estimate of drug-likeness (QED) is 0.872. The number of rotatable bonds is 2. The van der Waals surface area contributed by atoms with Gasteiger partial charge in [-0.2, -0.15) is 0 Å². The monoisotopic (exact) mass is 254 g/mol. The molecule has 0 unspecified atom stereocenters. The zero-order valence-corrected chi connectivity index (χ0v) is 10.7. The second kappa shape index (κ2) is 4.48. The smallest absolute Gasteiger partial charge is 0.0913 e. The molecule has 2 rings (SSSR count). The zero-order valence-electron chi connectivity index (χ0n) is 9.14. The molecule has 0 spiro atoms. The van der Waals surface area contributed by atoms with E-state index in [0.29, 0.717) is 10.0 Å². The van der Waals surface area contributed by atoms with Gasteiger partial charge in [-0.15, -0.1) is 0 Å². The fourth-order valence-corrected chi connectivity index (χ4v) is 2.23. The van der Waals surface area contributed by atoms with E-state index in [9.17, 15) is 0 Å². The second-order valence-electron chi connectivity index (χ2n) is 3.55. The molecule has 0 amide bonds. The van der Waals surface area contributed by atoms with Gasteiger partial charge in [-0.05, 0) is 24.6 Å². The van der Waals surface area contributed by atoms with E-state index in [1.807, 2.05) is 19.2 Å². The number of anilines is 1. The van der Waals surface area contributed by atoms with Crippen molar-refractivity contribution in [2.45, 2.75) is 13.3 Å². The third kappa shape index (κ3) is 1.95. The number of aromatic nitrogens is 1. The fraction of sp³-hybridized carbons (Fsp3) is 0.250. The molecule has 4 heteroatoms. The van der Waals surface area contributed by atoms with Crippen molar-refractivity contribution in [3.63, 3.8) is 0 Å². The summed E-state index contributed by atoms with van der Waals surface area (Å²) < 4.78 is 0. The van der Waals surface area contributed by atoms with Gasteiger partial charge in [-0.3, -0.25) is 4.98 Å². The maximum atomic E-state index is 6.15. The van der Waals surface area contributed by atoms with Crippen LogP contribution in [0, 0.1) is 0 Å². The van der Waals surface area contributed by atoms with Crippen molar-refractivity contribution < 1.29 is 0 Å². The molecule has 84 valence electrons. The molecular formula is C12H12Cl2N2. The Hall–Kier alpha value is -0.990. The Morgan fingerprint density at radius 3 is 2.62 bits per heavy atom. The molecule has 0 radical (unpaired) electrons. The van der Waals surface area contributed by atoms with E-state index < -0.39 is 0 Å². The van der Waals surface area contributed by atoms with Crippen molar-refractivity contribution in [2.75, 3.05) is 12.4 Å². The first kappa shape index (κ1) is 11.5. The van der Waals surface area contributed by atoms with Gasteiger partial charge in [0.1, 0.15) is 0 Å². The van der Waals surface area contributed by atoms with Crippen molar-refractivity contribution in [3.05, 3.63) is 33.9 Å². The van der Waals surface area contributed by atoms with Crippen LogP contribution >= 0.6 is 23.2 Å². The van der Waals surface area contributed by atoms with Crippen LogP contribution in [0.4, 0.5) is 5.69 Å². The highest BCUT2D eigenvalue weighted by atomic mass is 35.5. The Morgan fingerprint density at radius 1 is 1.25 bits per heavy atom. The maximum Gasteiger partial charge on any atom is 0.0913 e. The van der Waals surface area contributed by atoms with Crippen molar-refractivity contribution in [1.82, 2.24) is 4.98 Å². The fourth-order valence-electron chi connectivity index (χ4n) is 1.69. The molecule has 1 aromatic carbocycles. The van der Waals surface area contributed by atoms with E-state index in [0.717, 1.165) is 28.7 Å². The first-order chi connectivity index (χ1) is 7.65. The number of hydrogen-bond donors (Lipinski definition) is 1. The van der Waals surface area contributed by atoms with Crippen LogP contribution in [0.2, 0.25) is 10.0 Å². The molecule has 1 N–H and O–H groups in total. The molecule has 2 aromatic rings. The average Bonchev–Trinajstić information content (AvgIpc) is 2.28. The van der Waals surface area contributed by atoms with Gasteiger partial charge in [0.15, 0.2) is 0 Å². The lowest BCUT2D eigenvalue weighted by atomic mass is 10.1. The molecule has 0 fully saturated rings. The molecule has 16 heavy (non-hydrogen) atoms. The van der Waals surface area contributed by atoms with Gasteiger partial charge >= 0.3 is 0 Å². The summed E-state index contributed by atoms with van der Waals surface area (Å²) in [5.74, 6) is 0. The predicted molar refractivity (Wildman–Crippen MR) is 70.7 cm³/mol. The van der Waals surface area contributed by atoms with Crippen LogP contribution in [0.3, 0.4) is 0 Å². The van der Waals surface area contributed by atoms with Crippen LogP contribution in [-0.2, 0) is 6.42 Å². The van der Waals surface area contributed by atoms with Crippen LogP contribution in [0.25, 0.3) is 10.9 Å². The number of halogens is 2. The Kier molecular flexibility index (Phi) is 3.22. The molecular weight excluding hydrogens is 243 g/mol. The minimum atomic E-state index is 0.592. The Morgan fingerprint density at radius 2 is 2.00 bits per heavy atom. The number of nitrogens with zero attached hydrogens (tertiary/aromatic N) is 1. The molecule has 0 atom stereocenters. The molecule has 0 saturated carbocycles. The van der Waals surface area contributed by atoms with Gasteiger partial charge < -0.3 is 5.32 Å². The first-order valence-corrected chi connectivity index (χ1v) is 5.87. The van der Waals surface area contributed by atoms with Gasteiger partial charge in [0.25, 0.3) is 0 Å². The highest BCUT2D eigenvalue weighted by molar-refractivity contribution is 6.38. The normalized spacial score (nSPS) is 10.8. The molecule has 1 aromatic heterocycles. The number of benzene rings is 1. The Bertz CT molecular complexity index is 538. The third-order valence-corrected chi connectivity index (χ3v) is 3.02. The first-order valence-electron chi connectivity index (χ1n) is 5.12. The van der Waals surface area contributed by atoms with Gasteiger partial charge in [0.05, 0.1) is 10.5 Å². The Balaban J connectivity index is 2.83. The van der Waals surface area contributed by atoms with Crippen molar-refractivity contribution in [2.24, 2.45) is 0 Å². The van der Waals surface area contributed by atoms with E-state index in [1.165, 1.54) is 0 Å². The zero-order chi connectivity index (χ0) is 11.7. The number of aryl methyl sites for hydroxylation is 1. The summed E-state index contributed by atoms with van der Waals surface area (Å²) in [5, 5.41) is 5.31. The minimum absolute atomic E-state index is 0.592. The molecule has 0 bridgehead atoms. The standard InChI is InChI=1S/C12H12Cl2N2/c1-3-8-6-11(15-2)9-4-7(13)5-10(14)12(9)16-8/h4-6H,3H2,1-2H3,(H,15,16). The van der Waals surface area contributed by atoms with Crippen molar-refractivity contribution in [1.29, 1.82) is 0 Å².